The Morgan fingerprint density at radius 1 is 1.15 bits per heavy atom. The van der Waals surface area contributed by atoms with Crippen LogP contribution >= 0.6 is 0 Å². The van der Waals surface area contributed by atoms with Crippen LogP contribution in [-0.4, -0.2) is 17.6 Å². The molecule has 1 aromatic heterocycles. The van der Waals surface area contributed by atoms with E-state index in [1.54, 1.807) is 6.92 Å². The van der Waals surface area contributed by atoms with Crippen molar-refractivity contribution in [3.8, 4) is 0 Å². The number of aromatic nitrogens is 1. The van der Waals surface area contributed by atoms with E-state index in [0.29, 0.717) is 12.2 Å². The summed E-state index contributed by atoms with van der Waals surface area (Å²) in [6, 6.07) is 12.1. The molecule has 0 fully saturated rings. The fraction of sp³-hybridized carbons (Fsp3) is 0.294. The van der Waals surface area contributed by atoms with Crippen molar-refractivity contribution in [3.05, 3.63) is 64.5 Å². The smallest absolute Gasteiger partial charge is 0.339 e. The lowest BCUT2D eigenvalue weighted by molar-refractivity contribution is 0.0525. The molecule has 0 radical (unpaired) electrons. The van der Waals surface area contributed by atoms with Crippen molar-refractivity contribution in [1.29, 1.82) is 0 Å². The van der Waals surface area contributed by atoms with Gasteiger partial charge in [-0.2, -0.15) is 0 Å². The van der Waals surface area contributed by atoms with E-state index in [1.807, 2.05) is 38.1 Å². The number of carbonyl (C=O) groups excluding carboxylic acids is 1. The van der Waals surface area contributed by atoms with E-state index in [2.05, 4.69) is 17.1 Å². The first-order valence-electron chi connectivity index (χ1n) is 6.80. The Morgan fingerprint density at radius 2 is 1.85 bits per heavy atom. The summed E-state index contributed by atoms with van der Waals surface area (Å²) in [4.78, 5) is 16.4. The summed E-state index contributed by atoms with van der Waals surface area (Å²) in [5.74, 6) is -0.299. The summed E-state index contributed by atoms with van der Waals surface area (Å²) in [7, 11) is 0. The van der Waals surface area contributed by atoms with Gasteiger partial charge in [-0.15, -0.1) is 0 Å². The fourth-order valence-corrected chi connectivity index (χ4v) is 2.18. The van der Waals surface area contributed by atoms with E-state index in [1.165, 1.54) is 5.56 Å². The predicted molar refractivity (Wildman–Crippen MR) is 78.9 cm³/mol. The highest BCUT2D eigenvalue weighted by atomic mass is 16.5. The molecule has 1 aromatic carbocycles. The SMILES string of the molecule is CCOC(=O)c1cc(Cc2ccccc2)c(C)nc1C. The third-order valence-corrected chi connectivity index (χ3v) is 3.24. The molecule has 0 spiro atoms. The molecule has 2 aromatic rings. The zero-order chi connectivity index (χ0) is 14.5. The van der Waals surface area contributed by atoms with Crippen LogP contribution in [0.25, 0.3) is 0 Å². The largest absolute Gasteiger partial charge is 0.462 e. The number of pyridine rings is 1. The predicted octanol–water partition coefficient (Wildman–Crippen LogP) is 3.47. The number of hydrogen-bond acceptors (Lipinski definition) is 3. The lowest BCUT2D eigenvalue weighted by Crippen LogP contribution is -2.10. The van der Waals surface area contributed by atoms with Crippen LogP contribution in [0.2, 0.25) is 0 Å². The Morgan fingerprint density at radius 3 is 2.50 bits per heavy atom. The van der Waals surface area contributed by atoms with Gasteiger partial charge in [-0.05, 0) is 44.4 Å². The van der Waals surface area contributed by atoms with Gasteiger partial charge in [0.2, 0.25) is 0 Å². The minimum Gasteiger partial charge on any atom is -0.462 e. The third-order valence-electron chi connectivity index (χ3n) is 3.24. The van der Waals surface area contributed by atoms with Crippen LogP contribution in [0.3, 0.4) is 0 Å². The van der Waals surface area contributed by atoms with E-state index < -0.39 is 0 Å². The second-order valence-electron chi connectivity index (χ2n) is 4.75. The van der Waals surface area contributed by atoms with Crippen molar-refractivity contribution < 1.29 is 9.53 Å². The Kier molecular flexibility index (Phi) is 4.51. The van der Waals surface area contributed by atoms with Gasteiger partial charge in [0, 0.05) is 5.69 Å². The maximum absolute atomic E-state index is 11.9. The van der Waals surface area contributed by atoms with Crippen molar-refractivity contribution in [2.75, 3.05) is 6.61 Å². The average molecular weight is 269 g/mol. The molecule has 0 atom stereocenters. The second-order valence-corrected chi connectivity index (χ2v) is 4.75. The molecule has 20 heavy (non-hydrogen) atoms. The van der Waals surface area contributed by atoms with Crippen LogP contribution in [0.5, 0.6) is 0 Å². The number of carbonyl (C=O) groups is 1. The van der Waals surface area contributed by atoms with Gasteiger partial charge in [-0.3, -0.25) is 4.98 Å². The standard InChI is InChI=1S/C17H19NO2/c1-4-20-17(19)16-11-15(12(2)18-13(16)3)10-14-8-6-5-7-9-14/h5-9,11H,4,10H2,1-3H3. The summed E-state index contributed by atoms with van der Waals surface area (Å²) in [5.41, 5.74) is 4.50. The van der Waals surface area contributed by atoms with Gasteiger partial charge in [0.25, 0.3) is 0 Å². The number of rotatable bonds is 4. The number of esters is 1. The summed E-state index contributed by atoms with van der Waals surface area (Å²) in [5, 5.41) is 0. The summed E-state index contributed by atoms with van der Waals surface area (Å²) < 4.78 is 5.07. The van der Waals surface area contributed by atoms with Crippen LogP contribution in [0.15, 0.2) is 36.4 Å². The molecule has 104 valence electrons. The summed E-state index contributed by atoms with van der Waals surface area (Å²) in [6.07, 6.45) is 0.770. The zero-order valence-corrected chi connectivity index (χ0v) is 12.1. The van der Waals surface area contributed by atoms with Gasteiger partial charge in [0.05, 0.1) is 17.9 Å². The van der Waals surface area contributed by atoms with Gasteiger partial charge < -0.3 is 4.74 Å². The molecule has 0 aliphatic rings. The minimum absolute atomic E-state index is 0.299. The second kappa shape index (κ2) is 6.33. The Hall–Kier alpha value is -2.16. The molecule has 0 aliphatic carbocycles. The molecule has 3 heteroatoms. The van der Waals surface area contributed by atoms with Gasteiger partial charge in [0.1, 0.15) is 0 Å². The molecule has 0 saturated carbocycles. The van der Waals surface area contributed by atoms with E-state index in [9.17, 15) is 4.79 Å². The average Bonchev–Trinajstić information content (AvgIpc) is 2.43. The number of hydrogen-bond donors (Lipinski definition) is 0. The molecular formula is C17H19NO2. The number of aryl methyl sites for hydroxylation is 2. The quantitative estimate of drug-likeness (QED) is 0.798. The molecular weight excluding hydrogens is 250 g/mol. The van der Waals surface area contributed by atoms with E-state index in [0.717, 1.165) is 23.4 Å². The highest BCUT2D eigenvalue weighted by molar-refractivity contribution is 5.90. The maximum atomic E-state index is 11.9. The highest BCUT2D eigenvalue weighted by Gasteiger charge is 2.14. The van der Waals surface area contributed by atoms with Crippen LogP contribution < -0.4 is 0 Å². The zero-order valence-electron chi connectivity index (χ0n) is 12.1. The third kappa shape index (κ3) is 3.23. The first-order chi connectivity index (χ1) is 9.61. The number of ether oxygens (including phenoxy) is 1. The normalized spacial score (nSPS) is 10.3. The number of nitrogens with zero attached hydrogens (tertiary/aromatic N) is 1. The first-order valence-corrected chi connectivity index (χ1v) is 6.80. The first kappa shape index (κ1) is 14.3. The van der Waals surface area contributed by atoms with Crippen LogP contribution in [0.4, 0.5) is 0 Å². The lowest BCUT2D eigenvalue weighted by Gasteiger charge is -2.11. The Bertz CT molecular complexity index is 606. The Labute approximate surface area is 119 Å². The van der Waals surface area contributed by atoms with Gasteiger partial charge >= 0.3 is 5.97 Å². The van der Waals surface area contributed by atoms with Crippen LogP contribution in [0, 0.1) is 13.8 Å². The molecule has 0 saturated heterocycles. The molecule has 3 nitrogen and oxygen atoms in total. The van der Waals surface area contributed by atoms with Crippen LogP contribution in [0.1, 0.15) is 39.8 Å². The van der Waals surface area contributed by atoms with Crippen molar-refractivity contribution in [2.45, 2.75) is 27.2 Å². The van der Waals surface area contributed by atoms with Crippen molar-refractivity contribution >= 4 is 5.97 Å². The Balaban J connectivity index is 2.34. The van der Waals surface area contributed by atoms with Crippen LogP contribution in [-0.2, 0) is 11.2 Å². The molecule has 0 aliphatic heterocycles. The monoisotopic (exact) mass is 269 g/mol. The van der Waals surface area contributed by atoms with Gasteiger partial charge in [0.15, 0.2) is 0 Å². The fourth-order valence-electron chi connectivity index (χ4n) is 2.18. The lowest BCUT2D eigenvalue weighted by atomic mass is 10.0. The maximum Gasteiger partial charge on any atom is 0.339 e. The van der Waals surface area contributed by atoms with Crippen molar-refractivity contribution in [3.63, 3.8) is 0 Å². The van der Waals surface area contributed by atoms with E-state index in [4.69, 9.17) is 4.74 Å². The summed E-state index contributed by atoms with van der Waals surface area (Å²) >= 11 is 0. The molecule has 2 rings (SSSR count). The molecule has 0 bridgehead atoms. The topological polar surface area (TPSA) is 39.2 Å². The molecule has 0 N–H and O–H groups in total. The highest BCUT2D eigenvalue weighted by Crippen LogP contribution is 2.17. The van der Waals surface area contributed by atoms with E-state index >= 15 is 0 Å². The van der Waals surface area contributed by atoms with Crippen molar-refractivity contribution in [2.24, 2.45) is 0 Å². The van der Waals surface area contributed by atoms with Crippen molar-refractivity contribution in [1.82, 2.24) is 4.98 Å². The molecule has 0 amide bonds. The van der Waals surface area contributed by atoms with Gasteiger partial charge in [-0.1, -0.05) is 30.3 Å². The summed E-state index contributed by atoms with van der Waals surface area (Å²) in [6.45, 7) is 5.99. The number of benzene rings is 1. The molecule has 0 unspecified atom stereocenters. The minimum atomic E-state index is -0.299. The molecule has 1 heterocycles. The van der Waals surface area contributed by atoms with Gasteiger partial charge in [-0.25, -0.2) is 4.79 Å². The van der Waals surface area contributed by atoms with E-state index in [-0.39, 0.29) is 5.97 Å².